The summed E-state index contributed by atoms with van der Waals surface area (Å²) in [5.74, 6) is -0.135. The summed E-state index contributed by atoms with van der Waals surface area (Å²) >= 11 is 0. The number of nitrogens with zero attached hydrogens (tertiary/aromatic N) is 1. The lowest BCUT2D eigenvalue weighted by molar-refractivity contribution is -0.676. The summed E-state index contributed by atoms with van der Waals surface area (Å²) in [7, 11) is 0. The fourth-order valence-electron chi connectivity index (χ4n) is 2.90. The molecule has 3 rings (SSSR count). The van der Waals surface area contributed by atoms with E-state index in [4.69, 9.17) is 5.26 Å². The third-order valence-electron chi connectivity index (χ3n) is 4.18. The molecule has 0 heterocycles. The molecule has 3 aromatic carbocycles. The molecule has 4 nitrogen and oxygen atoms in total. The summed E-state index contributed by atoms with van der Waals surface area (Å²) < 4.78 is 0. The Morgan fingerprint density at radius 2 is 1.42 bits per heavy atom. The van der Waals surface area contributed by atoms with Crippen LogP contribution < -0.4 is 10.6 Å². The van der Waals surface area contributed by atoms with Crippen molar-refractivity contribution in [3.63, 3.8) is 0 Å². The summed E-state index contributed by atoms with van der Waals surface area (Å²) in [5, 5.41) is 14.0. The standard InChI is InChI=1S/C22H19N3O/c23-15-19-13-7-8-14-20(19)25-21(26)16-24-22(17-9-3-1-4-10-17)18-11-5-2-6-12-18/h1-14,22,24H,16H2,(H,25,26)/p+1. The van der Waals surface area contributed by atoms with Crippen LogP contribution in [0, 0.1) is 11.3 Å². The Bertz CT molecular complexity index is 862. The van der Waals surface area contributed by atoms with Gasteiger partial charge < -0.3 is 10.6 Å². The number of benzene rings is 3. The van der Waals surface area contributed by atoms with Crippen molar-refractivity contribution in [2.24, 2.45) is 0 Å². The number of anilines is 1. The second kappa shape index (κ2) is 8.61. The van der Waals surface area contributed by atoms with Gasteiger partial charge in [0.1, 0.15) is 12.1 Å². The lowest BCUT2D eigenvalue weighted by atomic mass is 9.99. The molecule has 0 spiro atoms. The molecule has 0 aliphatic rings. The van der Waals surface area contributed by atoms with Crippen molar-refractivity contribution >= 4 is 11.6 Å². The van der Waals surface area contributed by atoms with E-state index in [1.165, 1.54) is 0 Å². The fraction of sp³-hybridized carbons (Fsp3) is 0.0909. The summed E-state index contributed by atoms with van der Waals surface area (Å²) in [5.41, 5.74) is 3.29. The van der Waals surface area contributed by atoms with Crippen molar-refractivity contribution < 1.29 is 10.1 Å². The van der Waals surface area contributed by atoms with Crippen LogP contribution in [0.2, 0.25) is 0 Å². The van der Waals surface area contributed by atoms with Gasteiger partial charge in [-0.2, -0.15) is 5.26 Å². The van der Waals surface area contributed by atoms with Crippen LogP contribution in [0.5, 0.6) is 0 Å². The van der Waals surface area contributed by atoms with Gasteiger partial charge in [-0.1, -0.05) is 72.8 Å². The van der Waals surface area contributed by atoms with Crippen LogP contribution in [0.25, 0.3) is 0 Å². The van der Waals surface area contributed by atoms with E-state index >= 15 is 0 Å². The van der Waals surface area contributed by atoms with Gasteiger partial charge in [0.05, 0.1) is 11.3 Å². The Balaban J connectivity index is 1.72. The zero-order valence-electron chi connectivity index (χ0n) is 14.3. The number of carbonyl (C=O) groups is 1. The molecule has 0 atom stereocenters. The minimum absolute atomic E-state index is 0.0364. The van der Waals surface area contributed by atoms with E-state index in [1.54, 1.807) is 24.3 Å². The molecule has 1 amide bonds. The Labute approximate surface area is 153 Å². The number of quaternary nitrogens is 1. The van der Waals surface area contributed by atoms with Gasteiger partial charge in [-0.15, -0.1) is 0 Å². The summed E-state index contributed by atoms with van der Waals surface area (Å²) in [6.45, 7) is 0.258. The molecule has 0 radical (unpaired) electrons. The van der Waals surface area contributed by atoms with Crippen molar-refractivity contribution in [3.05, 3.63) is 102 Å². The molecule has 0 aromatic heterocycles. The molecule has 0 fully saturated rings. The largest absolute Gasteiger partial charge is 0.328 e. The number of para-hydroxylation sites is 1. The number of hydrogen-bond acceptors (Lipinski definition) is 2. The molecular formula is C22H20N3O+. The number of nitriles is 1. The van der Waals surface area contributed by atoms with Crippen LogP contribution >= 0.6 is 0 Å². The quantitative estimate of drug-likeness (QED) is 0.723. The highest BCUT2D eigenvalue weighted by molar-refractivity contribution is 5.92. The second-order valence-corrected chi connectivity index (χ2v) is 5.94. The molecule has 0 unspecified atom stereocenters. The van der Waals surface area contributed by atoms with E-state index in [0.29, 0.717) is 11.3 Å². The molecule has 0 saturated heterocycles. The van der Waals surface area contributed by atoms with Crippen LogP contribution in [0.1, 0.15) is 22.7 Å². The van der Waals surface area contributed by atoms with E-state index < -0.39 is 0 Å². The van der Waals surface area contributed by atoms with Crippen molar-refractivity contribution in [1.29, 1.82) is 5.26 Å². The van der Waals surface area contributed by atoms with Gasteiger partial charge in [0.2, 0.25) is 0 Å². The average Bonchev–Trinajstić information content (AvgIpc) is 2.70. The molecule has 0 bridgehead atoms. The van der Waals surface area contributed by atoms with Crippen molar-refractivity contribution in [1.82, 2.24) is 0 Å². The molecule has 128 valence electrons. The predicted octanol–water partition coefficient (Wildman–Crippen LogP) is 2.85. The first-order chi connectivity index (χ1) is 12.8. The zero-order chi connectivity index (χ0) is 18.2. The van der Waals surface area contributed by atoms with Crippen molar-refractivity contribution in [2.75, 3.05) is 11.9 Å². The number of hydrogen-bond donors (Lipinski definition) is 2. The predicted molar refractivity (Wildman–Crippen MR) is 101 cm³/mol. The maximum atomic E-state index is 12.4. The summed E-state index contributed by atoms with van der Waals surface area (Å²) in [6.07, 6.45) is 0. The Hall–Kier alpha value is -3.42. The summed E-state index contributed by atoms with van der Waals surface area (Å²) in [6, 6.07) is 29.4. The maximum Gasteiger partial charge on any atom is 0.279 e. The minimum atomic E-state index is -0.135. The number of amides is 1. The first-order valence-electron chi connectivity index (χ1n) is 8.50. The van der Waals surface area contributed by atoms with Crippen molar-refractivity contribution in [2.45, 2.75) is 6.04 Å². The smallest absolute Gasteiger partial charge is 0.279 e. The maximum absolute atomic E-state index is 12.4. The minimum Gasteiger partial charge on any atom is -0.328 e. The normalized spacial score (nSPS) is 10.3. The van der Waals surface area contributed by atoms with Gasteiger partial charge in [-0.25, -0.2) is 0 Å². The molecule has 3 aromatic rings. The zero-order valence-corrected chi connectivity index (χ0v) is 14.3. The van der Waals surface area contributed by atoms with Gasteiger partial charge >= 0.3 is 0 Å². The molecule has 4 heteroatoms. The number of carbonyl (C=O) groups excluding carboxylic acids is 1. The fourth-order valence-corrected chi connectivity index (χ4v) is 2.90. The van der Waals surface area contributed by atoms with E-state index in [9.17, 15) is 4.79 Å². The molecule has 0 saturated carbocycles. The average molecular weight is 342 g/mol. The number of rotatable bonds is 6. The van der Waals surface area contributed by atoms with Crippen LogP contribution in [0.15, 0.2) is 84.9 Å². The molecular weight excluding hydrogens is 322 g/mol. The lowest BCUT2D eigenvalue weighted by Crippen LogP contribution is -2.87. The third-order valence-corrected chi connectivity index (χ3v) is 4.18. The van der Waals surface area contributed by atoms with E-state index in [2.05, 4.69) is 35.7 Å². The Morgan fingerprint density at radius 1 is 0.885 bits per heavy atom. The van der Waals surface area contributed by atoms with Crippen LogP contribution in [0.3, 0.4) is 0 Å². The monoisotopic (exact) mass is 342 g/mol. The van der Waals surface area contributed by atoms with Crippen molar-refractivity contribution in [3.8, 4) is 6.07 Å². The van der Waals surface area contributed by atoms with Gasteiger partial charge in [-0.3, -0.25) is 4.79 Å². The van der Waals surface area contributed by atoms with Crippen LogP contribution in [-0.4, -0.2) is 12.5 Å². The van der Waals surface area contributed by atoms with E-state index in [0.717, 1.165) is 11.1 Å². The first-order valence-corrected chi connectivity index (χ1v) is 8.50. The van der Waals surface area contributed by atoms with Gasteiger partial charge in [0, 0.05) is 11.1 Å². The topological polar surface area (TPSA) is 69.5 Å². The molecule has 26 heavy (non-hydrogen) atoms. The number of nitrogens with two attached hydrogens (primary N) is 1. The van der Waals surface area contributed by atoms with E-state index in [-0.39, 0.29) is 18.5 Å². The van der Waals surface area contributed by atoms with Gasteiger partial charge in [-0.05, 0) is 12.1 Å². The first kappa shape index (κ1) is 17.4. The lowest BCUT2D eigenvalue weighted by Gasteiger charge is -2.16. The number of nitrogens with one attached hydrogen (secondary N) is 1. The van der Waals surface area contributed by atoms with Crippen LogP contribution in [0.4, 0.5) is 5.69 Å². The second-order valence-electron chi connectivity index (χ2n) is 5.94. The highest BCUT2D eigenvalue weighted by Crippen LogP contribution is 2.17. The van der Waals surface area contributed by atoms with Crippen LogP contribution in [-0.2, 0) is 4.79 Å². The SMILES string of the molecule is N#Cc1ccccc1NC(=O)C[NH2+]C(c1ccccc1)c1ccccc1. The highest BCUT2D eigenvalue weighted by Gasteiger charge is 2.19. The van der Waals surface area contributed by atoms with Gasteiger partial charge in [0.15, 0.2) is 6.54 Å². The van der Waals surface area contributed by atoms with Gasteiger partial charge in [0.25, 0.3) is 5.91 Å². The third kappa shape index (κ3) is 4.35. The molecule has 3 N–H and O–H groups in total. The molecule has 0 aliphatic carbocycles. The molecule has 0 aliphatic heterocycles. The summed E-state index contributed by atoms with van der Waals surface area (Å²) in [4.78, 5) is 12.4. The Morgan fingerprint density at radius 3 is 2.00 bits per heavy atom. The highest BCUT2D eigenvalue weighted by atomic mass is 16.1. The Kier molecular flexibility index (Phi) is 5.76. The van der Waals surface area contributed by atoms with E-state index in [1.807, 2.05) is 41.7 Å².